The molecule has 1 saturated carbocycles. The molecule has 13 heavy (non-hydrogen) atoms. The molecule has 0 nitrogen and oxygen atoms in total. The van der Waals surface area contributed by atoms with E-state index in [0.717, 1.165) is 23.0 Å². The molecule has 0 saturated heterocycles. The van der Waals surface area contributed by atoms with Gasteiger partial charge in [0, 0.05) is 5.25 Å². The minimum Gasteiger partial charge on any atom is -0.161 e. The highest BCUT2D eigenvalue weighted by molar-refractivity contribution is 7.99. The number of rotatable bonds is 5. The molecule has 0 aromatic rings. The molecular weight excluding hydrogens is 176 g/mol. The summed E-state index contributed by atoms with van der Waals surface area (Å²) < 4.78 is 0. The Kier molecular flexibility index (Phi) is 4.64. The molecule has 0 N–H and O–H groups in total. The van der Waals surface area contributed by atoms with Crippen LogP contribution in [0.15, 0.2) is 0 Å². The molecule has 0 spiro atoms. The minimum absolute atomic E-state index is 0.928. The Hall–Kier alpha value is 0.350. The van der Waals surface area contributed by atoms with Gasteiger partial charge in [0.15, 0.2) is 0 Å². The third kappa shape index (κ3) is 2.90. The summed E-state index contributed by atoms with van der Waals surface area (Å²) in [5.41, 5.74) is 0. The Labute approximate surface area is 87.9 Å². The van der Waals surface area contributed by atoms with E-state index >= 15 is 0 Å². The highest BCUT2D eigenvalue weighted by Crippen LogP contribution is 2.43. The molecule has 1 aliphatic carbocycles. The fraction of sp³-hybridized carbons (Fsp3) is 1.00. The molecule has 0 bridgehead atoms. The zero-order valence-electron chi connectivity index (χ0n) is 9.55. The summed E-state index contributed by atoms with van der Waals surface area (Å²) in [7, 11) is 0. The SMILES string of the molecule is CCCC(C)C(SC)C1CC(C)C1. The first-order chi connectivity index (χ1) is 6.19. The van der Waals surface area contributed by atoms with Crippen LogP contribution in [-0.2, 0) is 0 Å². The van der Waals surface area contributed by atoms with Gasteiger partial charge in [-0.15, -0.1) is 0 Å². The Balaban J connectivity index is 2.33. The van der Waals surface area contributed by atoms with Crippen LogP contribution in [0.25, 0.3) is 0 Å². The molecule has 0 aromatic heterocycles. The Morgan fingerprint density at radius 3 is 2.38 bits per heavy atom. The topological polar surface area (TPSA) is 0 Å². The van der Waals surface area contributed by atoms with Gasteiger partial charge >= 0.3 is 0 Å². The van der Waals surface area contributed by atoms with Gasteiger partial charge in [0.2, 0.25) is 0 Å². The monoisotopic (exact) mass is 200 g/mol. The summed E-state index contributed by atoms with van der Waals surface area (Å²) in [6, 6.07) is 0. The van der Waals surface area contributed by atoms with Crippen LogP contribution in [0.3, 0.4) is 0 Å². The first-order valence-corrected chi connectivity index (χ1v) is 7.00. The Morgan fingerprint density at radius 1 is 1.38 bits per heavy atom. The van der Waals surface area contributed by atoms with Gasteiger partial charge < -0.3 is 0 Å². The van der Waals surface area contributed by atoms with Crippen molar-refractivity contribution in [1.82, 2.24) is 0 Å². The summed E-state index contributed by atoms with van der Waals surface area (Å²) in [5.74, 6) is 2.97. The lowest BCUT2D eigenvalue weighted by atomic mass is 9.71. The van der Waals surface area contributed by atoms with Crippen molar-refractivity contribution in [2.75, 3.05) is 6.26 Å². The predicted octanol–water partition coefficient (Wildman–Crippen LogP) is 4.20. The summed E-state index contributed by atoms with van der Waals surface area (Å²) in [6.45, 7) is 7.13. The van der Waals surface area contributed by atoms with E-state index in [1.165, 1.54) is 25.7 Å². The van der Waals surface area contributed by atoms with Crippen LogP contribution >= 0.6 is 11.8 Å². The average Bonchev–Trinajstić information content (AvgIpc) is 2.03. The maximum atomic E-state index is 2.44. The van der Waals surface area contributed by atoms with Crippen molar-refractivity contribution < 1.29 is 0 Å². The molecule has 78 valence electrons. The van der Waals surface area contributed by atoms with E-state index in [4.69, 9.17) is 0 Å². The molecule has 1 aliphatic rings. The van der Waals surface area contributed by atoms with E-state index in [0.29, 0.717) is 0 Å². The Morgan fingerprint density at radius 2 is 2.00 bits per heavy atom. The Bertz CT molecular complexity index is 133. The van der Waals surface area contributed by atoms with Crippen LogP contribution in [0.5, 0.6) is 0 Å². The van der Waals surface area contributed by atoms with Gasteiger partial charge in [-0.2, -0.15) is 11.8 Å². The lowest BCUT2D eigenvalue weighted by molar-refractivity contribution is 0.182. The lowest BCUT2D eigenvalue weighted by Gasteiger charge is -2.40. The zero-order valence-corrected chi connectivity index (χ0v) is 10.4. The standard InChI is InChI=1S/C12H24S/c1-5-6-10(3)12(13-4)11-7-9(2)8-11/h9-12H,5-8H2,1-4H3. The van der Waals surface area contributed by atoms with Crippen LogP contribution in [-0.4, -0.2) is 11.5 Å². The van der Waals surface area contributed by atoms with Crippen molar-refractivity contribution >= 4 is 11.8 Å². The fourth-order valence-electron chi connectivity index (χ4n) is 2.74. The third-order valence-electron chi connectivity index (χ3n) is 3.45. The second-order valence-electron chi connectivity index (χ2n) is 4.80. The van der Waals surface area contributed by atoms with Crippen molar-refractivity contribution in [3.8, 4) is 0 Å². The molecule has 0 aromatic carbocycles. The number of thioether (sulfide) groups is 1. The summed E-state index contributed by atoms with van der Waals surface area (Å²) >= 11 is 2.10. The molecule has 2 atom stereocenters. The predicted molar refractivity (Wildman–Crippen MR) is 63.3 cm³/mol. The van der Waals surface area contributed by atoms with Crippen LogP contribution in [0.1, 0.15) is 46.5 Å². The maximum Gasteiger partial charge on any atom is 0.00983 e. The van der Waals surface area contributed by atoms with Crippen molar-refractivity contribution in [2.24, 2.45) is 17.8 Å². The van der Waals surface area contributed by atoms with Crippen LogP contribution in [0, 0.1) is 17.8 Å². The molecule has 0 radical (unpaired) electrons. The second-order valence-corrected chi connectivity index (χ2v) is 5.82. The smallest absolute Gasteiger partial charge is 0.00983 e. The van der Waals surface area contributed by atoms with Crippen LogP contribution < -0.4 is 0 Å². The largest absolute Gasteiger partial charge is 0.161 e. The van der Waals surface area contributed by atoms with Crippen molar-refractivity contribution in [2.45, 2.75) is 51.7 Å². The highest BCUT2D eigenvalue weighted by Gasteiger charge is 2.34. The first kappa shape index (κ1) is 11.4. The van der Waals surface area contributed by atoms with E-state index in [-0.39, 0.29) is 0 Å². The van der Waals surface area contributed by atoms with E-state index in [1.807, 2.05) is 0 Å². The van der Waals surface area contributed by atoms with Gasteiger partial charge in [0.05, 0.1) is 0 Å². The summed E-state index contributed by atoms with van der Waals surface area (Å²) in [4.78, 5) is 0. The molecule has 0 aliphatic heterocycles. The quantitative estimate of drug-likeness (QED) is 0.641. The van der Waals surface area contributed by atoms with Gasteiger partial charge in [-0.1, -0.05) is 27.2 Å². The number of hydrogen-bond donors (Lipinski definition) is 0. The second kappa shape index (κ2) is 5.29. The average molecular weight is 200 g/mol. The fourth-order valence-corrected chi connectivity index (χ4v) is 3.95. The van der Waals surface area contributed by atoms with Crippen LogP contribution in [0.2, 0.25) is 0 Å². The summed E-state index contributed by atoms with van der Waals surface area (Å²) in [5, 5.41) is 0.941. The van der Waals surface area contributed by atoms with Gasteiger partial charge in [0.1, 0.15) is 0 Å². The molecule has 1 fully saturated rings. The van der Waals surface area contributed by atoms with E-state index in [1.54, 1.807) is 0 Å². The number of hydrogen-bond acceptors (Lipinski definition) is 1. The van der Waals surface area contributed by atoms with Crippen molar-refractivity contribution in [3.05, 3.63) is 0 Å². The van der Waals surface area contributed by atoms with Gasteiger partial charge in [-0.3, -0.25) is 0 Å². The molecule has 1 heteroatoms. The normalized spacial score (nSPS) is 32.3. The first-order valence-electron chi connectivity index (χ1n) is 5.71. The molecule has 0 amide bonds. The van der Waals surface area contributed by atoms with E-state index in [9.17, 15) is 0 Å². The van der Waals surface area contributed by atoms with E-state index < -0.39 is 0 Å². The van der Waals surface area contributed by atoms with Gasteiger partial charge in [-0.25, -0.2) is 0 Å². The molecule has 2 unspecified atom stereocenters. The van der Waals surface area contributed by atoms with E-state index in [2.05, 4.69) is 38.8 Å². The van der Waals surface area contributed by atoms with Gasteiger partial charge in [0.25, 0.3) is 0 Å². The molecular formula is C12H24S. The van der Waals surface area contributed by atoms with Crippen molar-refractivity contribution in [3.63, 3.8) is 0 Å². The summed E-state index contributed by atoms with van der Waals surface area (Å²) in [6.07, 6.45) is 8.02. The zero-order chi connectivity index (χ0) is 9.84. The maximum absolute atomic E-state index is 2.44. The highest BCUT2D eigenvalue weighted by atomic mass is 32.2. The van der Waals surface area contributed by atoms with Crippen molar-refractivity contribution in [1.29, 1.82) is 0 Å². The third-order valence-corrected chi connectivity index (χ3v) is 4.85. The molecule has 0 heterocycles. The van der Waals surface area contributed by atoms with Gasteiger partial charge in [-0.05, 0) is 43.3 Å². The molecule has 1 rings (SSSR count). The lowest BCUT2D eigenvalue weighted by Crippen LogP contribution is -2.34. The van der Waals surface area contributed by atoms with Crippen LogP contribution in [0.4, 0.5) is 0 Å². The minimum atomic E-state index is 0.928.